The number of ether oxygens (including phenoxy) is 4. The van der Waals surface area contributed by atoms with Gasteiger partial charge in [0, 0.05) is 30.0 Å². The van der Waals surface area contributed by atoms with E-state index >= 15 is 0 Å². The highest BCUT2D eigenvalue weighted by Gasteiger charge is 2.43. The summed E-state index contributed by atoms with van der Waals surface area (Å²) >= 11 is 0. The van der Waals surface area contributed by atoms with Crippen LogP contribution in [0.4, 0.5) is 9.59 Å². The molecule has 8 rings (SSSR count). The summed E-state index contributed by atoms with van der Waals surface area (Å²) in [4.78, 5) is 73.2. The van der Waals surface area contributed by atoms with E-state index in [4.69, 9.17) is 28.9 Å². The molecule has 0 radical (unpaired) electrons. The first kappa shape index (κ1) is 45.2. The third-order valence-electron chi connectivity index (χ3n) is 12.7. The maximum atomic E-state index is 14.5. The lowest BCUT2D eigenvalue weighted by Gasteiger charge is -2.33. The Hall–Kier alpha value is -7.36. The number of benzene rings is 4. The summed E-state index contributed by atoms with van der Waals surface area (Å²) in [7, 11) is 4.12. The minimum Gasteiger partial charge on any atom is -0.501 e. The Morgan fingerprint density at radius 2 is 1.68 bits per heavy atom. The molecule has 1 fully saturated rings. The summed E-state index contributed by atoms with van der Waals surface area (Å²) in [6, 6.07) is 20.9. The van der Waals surface area contributed by atoms with Gasteiger partial charge in [0.25, 0.3) is 5.91 Å². The number of alkyl carbamates (subject to hydrolysis) is 2. The number of carbonyl (C=O) groups excluding carboxylic acids is 4. The zero-order chi connectivity index (χ0) is 46.8. The van der Waals surface area contributed by atoms with E-state index in [0.29, 0.717) is 49.1 Å². The van der Waals surface area contributed by atoms with Crippen molar-refractivity contribution >= 4 is 45.8 Å². The minimum atomic E-state index is -0.996. The van der Waals surface area contributed by atoms with E-state index in [9.17, 15) is 19.2 Å². The molecule has 2 aliphatic rings. The number of carbonyl (C=O) groups is 4. The zero-order valence-electron chi connectivity index (χ0n) is 38.3. The van der Waals surface area contributed by atoms with Gasteiger partial charge in [0.2, 0.25) is 5.91 Å². The van der Waals surface area contributed by atoms with Crippen molar-refractivity contribution < 1.29 is 38.1 Å². The van der Waals surface area contributed by atoms with Crippen LogP contribution < -0.4 is 15.4 Å². The molecule has 4 N–H and O–H groups in total. The number of aromatic nitrogens is 4. The molecule has 0 saturated carbocycles. The SMILES string of the molecule is C=C(OC)[C@H]1C[C@@H](c2nc3ccc4cc5c(cc4c3[nH]2)OCc2cc(-c3cnc([C@H](C)N(CCC)C(=O)[C@@H](NC(=O)OC)C(C)C)[nH]3)ccc2-5)N(C(=O)[C@H](NC(=O)OC)c2ccccc2)C1. The molecule has 0 unspecified atom stereocenters. The molecule has 0 bridgehead atoms. The van der Waals surface area contributed by atoms with Crippen molar-refractivity contribution in [2.24, 2.45) is 11.8 Å². The Labute approximate surface area is 383 Å². The number of likely N-dealkylation sites (tertiary alicyclic amines) is 1. The second-order valence-electron chi connectivity index (χ2n) is 17.1. The molecule has 5 atom stereocenters. The maximum Gasteiger partial charge on any atom is 0.407 e. The number of nitrogens with zero attached hydrogens (tertiary/aromatic N) is 4. The van der Waals surface area contributed by atoms with Gasteiger partial charge in [-0.3, -0.25) is 9.59 Å². The van der Waals surface area contributed by atoms with Crippen LogP contribution in [0, 0.1) is 11.8 Å². The highest BCUT2D eigenvalue weighted by molar-refractivity contribution is 6.07. The van der Waals surface area contributed by atoms with Crippen molar-refractivity contribution in [3.63, 3.8) is 0 Å². The molecule has 0 spiro atoms. The molecule has 1 saturated heterocycles. The number of amides is 4. The predicted molar refractivity (Wildman–Crippen MR) is 249 cm³/mol. The second kappa shape index (κ2) is 19.0. The van der Waals surface area contributed by atoms with Crippen molar-refractivity contribution in [1.82, 2.24) is 40.4 Å². The number of nitrogens with one attached hydrogen (secondary N) is 4. The summed E-state index contributed by atoms with van der Waals surface area (Å²) in [5, 5.41) is 7.34. The third kappa shape index (κ3) is 8.74. The van der Waals surface area contributed by atoms with Crippen LogP contribution in [0.1, 0.15) is 81.4 Å². The van der Waals surface area contributed by atoms with Crippen LogP contribution in [0.25, 0.3) is 44.2 Å². The molecule has 0 aliphatic carbocycles. The summed E-state index contributed by atoms with van der Waals surface area (Å²) in [5.74, 6) is 1.70. The average Bonchev–Trinajstić information content (AvgIpc) is 4.12. The number of hydrogen-bond acceptors (Lipinski definition) is 10. The van der Waals surface area contributed by atoms with E-state index in [1.807, 2.05) is 64.1 Å². The lowest BCUT2D eigenvalue weighted by molar-refractivity contribution is -0.137. The lowest BCUT2D eigenvalue weighted by Crippen LogP contribution is -2.52. The molecule has 2 aromatic heterocycles. The fourth-order valence-electron chi connectivity index (χ4n) is 9.11. The standard InChI is InChI=1S/C50H56N8O8/c1-9-19-57(47(59)42(27(2)3)55-49(61)64-7)28(4)45-51-24-39(53-45)32-15-17-35-34(20-32)26-66-41-23-36-31(21-37(35)41)16-18-38-44(36)54-46(52-38)40-22-33(29(5)63-6)25-58(40)48(60)43(56-50(62)65-8)30-13-11-10-12-14-30/h10-18,20-21,23-24,27-28,33,40,42-43H,5,9,19,22,25-26H2,1-4,6-8H3,(H,51,53)(H,52,54)(H,55,61)(H,56,62)/t28-,33-,40-,42-,43+/m0/s1. The van der Waals surface area contributed by atoms with Gasteiger partial charge in [-0.25, -0.2) is 19.6 Å². The quantitative estimate of drug-likeness (QED) is 0.0771. The van der Waals surface area contributed by atoms with Gasteiger partial charge < -0.3 is 49.3 Å². The average molecular weight is 897 g/mol. The van der Waals surface area contributed by atoms with Gasteiger partial charge in [0.1, 0.15) is 36.1 Å². The highest BCUT2D eigenvalue weighted by Crippen LogP contribution is 2.44. The number of rotatable bonds is 14. The molecule has 16 nitrogen and oxygen atoms in total. The van der Waals surface area contributed by atoms with Crippen LogP contribution in [0.5, 0.6) is 5.75 Å². The Morgan fingerprint density at radius 3 is 2.39 bits per heavy atom. The zero-order valence-corrected chi connectivity index (χ0v) is 38.3. The fourth-order valence-corrected chi connectivity index (χ4v) is 9.11. The smallest absolute Gasteiger partial charge is 0.407 e. The molecule has 4 heterocycles. The first-order valence-corrected chi connectivity index (χ1v) is 22.2. The van der Waals surface area contributed by atoms with Crippen molar-refractivity contribution in [3.05, 3.63) is 114 Å². The van der Waals surface area contributed by atoms with Gasteiger partial charge in [-0.05, 0) is 77.6 Å². The van der Waals surface area contributed by atoms with Gasteiger partial charge in [-0.2, -0.15) is 0 Å². The summed E-state index contributed by atoms with van der Waals surface area (Å²) in [6.07, 6.45) is 1.65. The number of imidazole rings is 2. The third-order valence-corrected chi connectivity index (χ3v) is 12.7. The number of aromatic amines is 2. The topological polar surface area (TPSA) is 193 Å². The van der Waals surface area contributed by atoms with E-state index < -0.39 is 30.3 Å². The van der Waals surface area contributed by atoms with Crippen LogP contribution in [-0.4, -0.2) is 94.2 Å². The number of methoxy groups -OCH3 is 3. The predicted octanol–water partition coefficient (Wildman–Crippen LogP) is 8.49. The molecule has 6 aromatic rings. The van der Waals surface area contributed by atoms with E-state index in [1.54, 1.807) is 35.2 Å². The first-order chi connectivity index (χ1) is 31.8. The van der Waals surface area contributed by atoms with Gasteiger partial charge in [0.15, 0.2) is 0 Å². The van der Waals surface area contributed by atoms with Crippen LogP contribution >= 0.6 is 0 Å². The van der Waals surface area contributed by atoms with Crippen LogP contribution in [0.15, 0.2) is 91.3 Å². The molecule has 4 aromatic carbocycles. The Kier molecular flexibility index (Phi) is 13.0. The van der Waals surface area contributed by atoms with Gasteiger partial charge in [-0.1, -0.05) is 75.9 Å². The second-order valence-corrected chi connectivity index (χ2v) is 17.1. The van der Waals surface area contributed by atoms with Crippen LogP contribution in [0.2, 0.25) is 0 Å². The molecular formula is C50H56N8O8. The van der Waals surface area contributed by atoms with Gasteiger partial charge in [-0.15, -0.1) is 0 Å². The van der Waals surface area contributed by atoms with Crippen LogP contribution in [-0.2, 0) is 30.4 Å². The minimum absolute atomic E-state index is 0.155. The Bertz CT molecular complexity index is 2800. The van der Waals surface area contributed by atoms with Crippen LogP contribution in [0.3, 0.4) is 0 Å². The van der Waals surface area contributed by atoms with E-state index in [-0.39, 0.29) is 29.7 Å². The van der Waals surface area contributed by atoms with Gasteiger partial charge in [0.05, 0.1) is 62.1 Å². The van der Waals surface area contributed by atoms with E-state index in [0.717, 1.165) is 61.9 Å². The fraction of sp³-hybridized carbons (Fsp3) is 0.360. The first-order valence-electron chi connectivity index (χ1n) is 22.2. The lowest BCUT2D eigenvalue weighted by atomic mass is 9.92. The molecule has 16 heteroatoms. The number of hydrogen-bond donors (Lipinski definition) is 4. The number of fused-ring (bicyclic) bond motifs is 6. The molecule has 344 valence electrons. The van der Waals surface area contributed by atoms with Crippen molar-refractivity contribution in [1.29, 1.82) is 0 Å². The summed E-state index contributed by atoms with van der Waals surface area (Å²) in [5.41, 5.74) is 6.92. The Balaban J connectivity index is 1.07. The molecule has 66 heavy (non-hydrogen) atoms. The van der Waals surface area contributed by atoms with Crippen molar-refractivity contribution in [2.45, 2.75) is 71.3 Å². The molecular weight excluding hydrogens is 841 g/mol. The number of H-pyrrole nitrogens is 2. The summed E-state index contributed by atoms with van der Waals surface area (Å²) in [6.45, 7) is 13.0. The summed E-state index contributed by atoms with van der Waals surface area (Å²) < 4.78 is 21.7. The van der Waals surface area contributed by atoms with Crippen molar-refractivity contribution in [3.8, 4) is 28.1 Å². The van der Waals surface area contributed by atoms with E-state index in [1.165, 1.54) is 14.2 Å². The molecule has 2 aliphatic heterocycles. The highest BCUT2D eigenvalue weighted by atomic mass is 16.5. The van der Waals surface area contributed by atoms with Crippen molar-refractivity contribution in [2.75, 3.05) is 34.4 Å². The van der Waals surface area contributed by atoms with Gasteiger partial charge >= 0.3 is 12.2 Å². The van der Waals surface area contributed by atoms with E-state index in [2.05, 4.69) is 51.4 Å². The molecule has 4 amide bonds. The largest absolute Gasteiger partial charge is 0.501 e. The maximum absolute atomic E-state index is 14.5. The normalized spacial score (nSPS) is 16.7. The Morgan fingerprint density at radius 1 is 0.924 bits per heavy atom. The monoisotopic (exact) mass is 896 g/mol.